The van der Waals surface area contributed by atoms with E-state index in [1.807, 2.05) is 12.1 Å². The highest BCUT2D eigenvalue weighted by Crippen LogP contribution is 2.32. The Morgan fingerprint density at radius 3 is 2.48 bits per heavy atom. The molecule has 5 heteroatoms. The van der Waals surface area contributed by atoms with Gasteiger partial charge in [0.05, 0.1) is 16.3 Å². The SMILES string of the molecule is CC(C)c1ccc(S(=O)(=O)c2ccc3oc4c(c3c2)CCNC4)cc1. The number of fused-ring (bicyclic) bond motifs is 3. The Morgan fingerprint density at radius 1 is 1.04 bits per heavy atom. The first-order chi connectivity index (χ1) is 12.0. The van der Waals surface area contributed by atoms with Crippen LogP contribution in [0.3, 0.4) is 0 Å². The van der Waals surface area contributed by atoms with Crippen LogP contribution in [0.15, 0.2) is 56.7 Å². The van der Waals surface area contributed by atoms with E-state index in [9.17, 15) is 8.42 Å². The van der Waals surface area contributed by atoms with E-state index in [1.54, 1.807) is 30.3 Å². The standard InChI is InChI=1S/C20H21NO3S/c1-13(2)14-3-5-15(6-4-14)25(22,23)16-7-8-19-18(11-16)17-9-10-21-12-20(17)24-19/h3-8,11,13,21H,9-10,12H2,1-2H3. The largest absolute Gasteiger partial charge is 0.459 e. The Kier molecular flexibility index (Phi) is 3.93. The molecule has 0 saturated carbocycles. The number of nitrogens with one attached hydrogen (secondary N) is 1. The third kappa shape index (κ3) is 2.77. The topological polar surface area (TPSA) is 59.3 Å². The molecule has 2 heterocycles. The van der Waals surface area contributed by atoms with Gasteiger partial charge in [-0.1, -0.05) is 26.0 Å². The number of furan rings is 1. The molecule has 0 fully saturated rings. The maximum atomic E-state index is 13.0. The van der Waals surface area contributed by atoms with Gasteiger partial charge in [-0.15, -0.1) is 0 Å². The lowest BCUT2D eigenvalue weighted by atomic mass is 10.0. The van der Waals surface area contributed by atoms with E-state index in [0.29, 0.717) is 22.3 Å². The fraction of sp³-hybridized carbons (Fsp3) is 0.300. The van der Waals surface area contributed by atoms with Crippen LogP contribution in [0.2, 0.25) is 0 Å². The number of benzene rings is 2. The lowest BCUT2D eigenvalue weighted by molar-refractivity contribution is 0.488. The van der Waals surface area contributed by atoms with Gasteiger partial charge in [-0.25, -0.2) is 8.42 Å². The summed E-state index contributed by atoms with van der Waals surface area (Å²) in [6.07, 6.45) is 0.856. The maximum absolute atomic E-state index is 13.0. The molecule has 1 N–H and O–H groups in total. The first kappa shape index (κ1) is 16.4. The first-order valence-corrected chi connectivity index (χ1v) is 10.0. The molecule has 25 heavy (non-hydrogen) atoms. The van der Waals surface area contributed by atoms with Crippen LogP contribution < -0.4 is 5.32 Å². The number of hydrogen-bond acceptors (Lipinski definition) is 4. The summed E-state index contributed by atoms with van der Waals surface area (Å²) in [6.45, 7) is 5.76. The molecule has 2 aromatic carbocycles. The summed E-state index contributed by atoms with van der Waals surface area (Å²) in [7, 11) is -3.53. The van der Waals surface area contributed by atoms with Gasteiger partial charge in [0, 0.05) is 10.9 Å². The highest BCUT2D eigenvalue weighted by atomic mass is 32.2. The van der Waals surface area contributed by atoms with Crippen LogP contribution in [-0.2, 0) is 22.8 Å². The Bertz CT molecular complexity index is 1030. The minimum absolute atomic E-state index is 0.319. The Balaban J connectivity index is 1.79. The van der Waals surface area contributed by atoms with Crippen molar-refractivity contribution in [2.75, 3.05) is 6.54 Å². The fourth-order valence-corrected chi connectivity index (χ4v) is 4.63. The molecule has 1 aromatic heterocycles. The zero-order valence-electron chi connectivity index (χ0n) is 14.4. The van der Waals surface area contributed by atoms with Crippen LogP contribution >= 0.6 is 0 Å². The average Bonchev–Trinajstić information content (AvgIpc) is 2.99. The van der Waals surface area contributed by atoms with Crippen molar-refractivity contribution in [3.63, 3.8) is 0 Å². The van der Waals surface area contributed by atoms with Gasteiger partial charge in [-0.2, -0.15) is 0 Å². The lowest BCUT2D eigenvalue weighted by Gasteiger charge is -2.11. The predicted octanol–water partition coefficient (Wildman–Crippen LogP) is 4.03. The lowest BCUT2D eigenvalue weighted by Crippen LogP contribution is -2.22. The quantitative estimate of drug-likeness (QED) is 0.770. The van der Waals surface area contributed by atoms with E-state index < -0.39 is 9.84 Å². The summed E-state index contributed by atoms with van der Waals surface area (Å²) in [5, 5.41) is 4.19. The molecule has 1 aliphatic rings. The second kappa shape index (κ2) is 6.00. The Labute approximate surface area is 147 Å². The molecular weight excluding hydrogens is 334 g/mol. The van der Waals surface area contributed by atoms with Crippen molar-refractivity contribution in [3.8, 4) is 0 Å². The number of hydrogen-bond donors (Lipinski definition) is 1. The average molecular weight is 355 g/mol. The number of rotatable bonds is 3. The monoisotopic (exact) mass is 355 g/mol. The molecule has 0 aliphatic carbocycles. The van der Waals surface area contributed by atoms with Crippen molar-refractivity contribution >= 4 is 20.8 Å². The van der Waals surface area contributed by atoms with Crippen molar-refractivity contribution in [2.24, 2.45) is 0 Å². The van der Waals surface area contributed by atoms with Crippen LogP contribution in [0, 0.1) is 0 Å². The van der Waals surface area contributed by atoms with Gasteiger partial charge in [0.25, 0.3) is 0 Å². The van der Waals surface area contributed by atoms with E-state index in [1.165, 1.54) is 0 Å². The minimum atomic E-state index is -3.53. The highest BCUT2D eigenvalue weighted by Gasteiger charge is 2.22. The predicted molar refractivity (Wildman–Crippen MR) is 97.6 cm³/mol. The summed E-state index contributed by atoms with van der Waals surface area (Å²) in [5.41, 5.74) is 3.01. The number of sulfone groups is 1. The van der Waals surface area contributed by atoms with Crippen molar-refractivity contribution in [1.82, 2.24) is 5.32 Å². The van der Waals surface area contributed by atoms with E-state index >= 15 is 0 Å². The molecule has 0 spiro atoms. The zero-order chi connectivity index (χ0) is 17.6. The Hall–Kier alpha value is -2.11. The highest BCUT2D eigenvalue weighted by molar-refractivity contribution is 7.91. The van der Waals surface area contributed by atoms with Crippen LogP contribution in [0.1, 0.15) is 36.7 Å². The van der Waals surface area contributed by atoms with Gasteiger partial charge in [-0.05, 0) is 54.8 Å². The third-order valence-corrected chi connectivity index (χ3v) is 6.62. The molecule has 4 rings (SSSR count). The molecule has 0 unspecified atom stereocenters. The van der Waals surface area contributed by atoms with Gasteiger partial charge >= 0.3 is 0 Å². The minimum Gasteiger partial charge on any atom is -0.459 e. The van der Waals surface area contributed by atoms with Crippen LogP contribution in [-0.4, -0.2) is 15.0 Å². The summed E-state index contributed by atoms with van der Waals surface area (Å²) in [4.78, 5) is 0.648. The molecule has 1 aliphatic heterocycles. The molecule has 0 radical (unpaired) electrons. The molecule has 0 saturated heterocycles. The van der Waals surface area contributed by atoms with Crippen LogP contribution in [0.4, 0.5) is 0 Å². The Morgan fingerprint density at radius 2 is 1.76 bits per heavy atom. The summed E-state index contributed by atoms with van der Waals surface area (Å²) in [5.74, 6) is 1.29. The van der Waals surface area contributed by atoms with E-state index in [0.717, 1.165) is 40.8 Å². The van der Waals surface area contributed by atoms with E-state index in [4.69, 9.17) is 4.42 Å². The van der Waals surface area contributed by atoms with Crippen molar-refractivity contribution < 1.29 is 12.8 Å². The summed E-state index contributed by atoms with van der Waals surface area (Å²) < 4.78 is 31.9. The molecule has 0 bridgehead atoms. The smallest absolute Gasteiger partial charge is 0.206 e. The molecule has 0 atom stereocenters. The van der Waals surface area contributed by atoms with Crippen LogP contribution in [0.5, 0.6) is 0 Å². The van der Waals surface area contributed by atoms with Crippen LogP contribution in [0.25, 0.3) is 11.0 Å². The van der Waals surface area contributed by atoms with Gasteiger partial charge in [-0.3, -0.25) is 0 Å². The molecular formula is C20H21NO3S. The second-order valence-electron chi connectivity index (χ2n) is 6.82. The van der Waals surface area contributed by atoms with Gasteiger partial charge < -0.3 is 9.73 Å². The van der Waals surface area contributed by atoms with Gasteiger partial charge in [0.15, 0.2) is 0 Å². The summed E-state index contributed by atoms with van der Waals surface area (Å²) in [6, 6.07) is 12.3. The maximum Gasteiger partial charge on any atom is 0.206 e. The molecule has 3 aromatic rings. The molecule has 0 amide bonds. The first-order valence-electron chi connectivity index (χ1n) is 8.57. The molecule has 4 nitrogen and oxygen atoms in total. The van der Waals surface area contributed by atoms with Gasteiger partial charge in [0.2, 0.25) is 9.84 Å². The van der Waals surface area contributed by atoms with Crippen molar-refractivity contribution in [3.05, 3.63) is 59.4 Å². The van der Waals surface area contributed by atoms with Crippen molar-refractivity contribution in [2.45, 2.75) is 42.5 Å². The fourth-order valence-electron chi connectivity index (χ4n) is 3.35. The normalized spacial score (nSPS) is 14.8. The van der Waals surface area contributed by atoms with E-state index in [-0.39, 0.29) is 0 Å². The zero-order valence-corrected chi connectivity index (χ0v) is 15.2. The van der Waals surface area contributed by atoms with Gasteiger partial charge in [0.1, 0.15) is 11.3 Å². The second-order valence-corrected chi connectivity index (χ2v) is 8.77. The van der Waals surface area contributed by atoms with Crippen molar-refractivity contribution in [1.29, 1.82) is 0 Å². The summed E-state index contributed by atoms with van der Waals surface area (Å²) >= 11 is 0. The third-order valence-electron chi connectivity index (χ3n) is 4.85. The van der Waals surface area contributed by atoms with E-state index in [2.05, 4.69) is 19.2 Å². The molecule has 130 valence electrons.